The molecule has 1 aromatic heterocycles. The summed E-state index contributed by atoms with van der Waals surface area (Å²) in [6.45, 7) is 9.47. The molecule has 0 radical (unpaired) electrons. The van der Waals surface area contributed by atoms with Gasteiger partial charge >= 0.3 is 0 Å². The third-order valence-corrected chi connectivity index (χ3v) is 5.29. The zero-order valence-corrected chi connectivity index (χ0v) is 18.7. The molecule has 32 heavy (non-hydrogen) atoms. The maximum atomic E-state index is 13.7. The normalized spacial score (nSPS) is 12.9. The van der Waals surface area contributed by atoms with E-state index in [1.807, 2.05) is 62.4 Å². The van der Waals surface area contributed by atoms with Crippen LogP contribution in [0.4, 0.5) is 0 Å². The molecule has 0 unspecified atom stereocenters. The molecule has 0 bridgehead atoms. The van der Waals surface area contributed by atoms with Crippen LogP contribution in [0.5, 0.6) is 0 Å². The van der Waals surface area contributed by atoms with Crippen LogP contribution < -0.4 is 17.0 Å². The Morgan fingerprint density at radius 1 is 1.12 bits per heavy atom. The predicted molar refractivity (Wildman–Crippen MR) is 134 cm³/mol. The van der Waals surface area contributed by atoms with Crippen molar-refractivity contribution in [3.8, 4) is 5.69 Å². The van der Waals surface area contributed by atoms with Crippen LogP contribution >= 0.6 is 0 Å². The molecular formula is C25H28N6O. The van der Waals surface area contributed by atoms with Crippen LogP contribution in [0.3, 0.4) is 0 Å². The third kappa shape index (κ3) is 4.58. The maximum Gasteiger partial charge on any atom is 0.263 e. The van der Waals surface area contributed by atoms with Crippen LogP contribution in [0, 0.1) is 13.8 Å². The number of rotatable bonds is 6. The second-order valence-electron chi connectivity index (χ2n) is 7.53. The van der Waals surface area contributed by atoms with Gasteiger partial charge in [-0.15, -0.1) is 0 Å². The summed E-state index contributed by atoms with van der Waals surface area (Å²) in [5, 5.41) is 1.56. The number of hydrogen-bond donors (Lipinski definition) is 2. The van der Waals surface area contributed by atoms with Crippen LogP contribution in [-0.4, -0.2) is 30.0 Å². The van der Waals surface area contributed by atoms with Gasteiger partial charge < -0.3 is 11.5 Å². The second kappa shape index (κ2) is 9.98. The fourth-order valence-electron chi connectivity index (χ4n) is 3.68. The molecule has 4 N–H and O–H groups in total. The topological polar surface area (TPSA) is 111 Å². The van der Waals surface area contributed by atoms with E-state index in [4.69, 9.17) is 11.5 Å². The van der Waals surface area contributed by atoms with E-state index in [-0.39, 0.29) is 18.6 Å². The molecule has 7 nitrogen and oxygen atoms in total. The third-order valence-electron chi connectivity index (χ3n) is 5.29. The molecule has 0 saturated carbocycles. The zero-order valence-electron chi connectivity index (χ0n) is 18.7. The molecular weight excluding hydrogens is 400 g/mol. The smallest absolute Gasteiger partial charge is 0.263 e. The van der Waals surface area contributed by atoms with Gasteiger partial charge in [-0.1, -0.05) is 36.4 Å². The highest BCUT2D eigenvalue weighted by atomic mass is 16.1. The van der Waals surface area contributed by atoms with Gasteiger partial charge in [-0.3, -0.25) is 19.3 Å². The van der Waals surface area contributed by atoms with E-state index < -0.39 is 0 Å². The number of allylic oxidation sites excluding steroid dienone is 1. The van der Waals surface area contributed by atoms with Crippen LogP contribution in [0.15, 0.2) is 79.6 Å². The highest BCUT2D eigenvalue weighted by molar-refractivity contribution is 6.03. The Morgan fingerprint density at radius 2 is 1.84 bits per heavy atom. The van der Waals surface area contributed by atoms with Gasteiger partial charge in [0.15, 0.2) is 5.84 Å². The van der Waals surface area contributed by atoms with Crippen LogP contribution in [0.1, 0.15) is 23.7 Å². The molecule has 0 aliphatic rings. The number of amidine groups is 1. The van der Waals surface area contributed by atoms with Crippen LogP contribution in [0.25, 0.3) is 16.5 Å². The summed E-state index contributed by atoms with van der Waals surface area (Å²) in [5.41, 5.74) is 16.4. The van der Waals surface area contributed by atoms with E-state index >= 15 is 0 Å². The Morgan fingerprint density at radius 3 is 2.50 bits per heavy atom. The minimum absolute atomic E-state index is 0.0810. The number of aliphatic imine (C=N–C) groups is 3. The maximum absolute atomic E-state index is 13.7. The Hall–Kier alpha value is -3.84. The highest BCUT2D eigenvalue weighted by Crippen LogP contribution is 2.21. The molecule has 3 aromatic rings. The van der Waals surface area contributed by atoms with Crippen molar-refractivity contribution in [2.45, 2.75) is 27.3 Å². The van der Waals surface area contributed by atoms with E-state index in [1.54, 1.807) is 11.5 Å². The van der Waals surface area contributed by atoms with Gasteiger partial charge in [-0.25, -0.2) is 4.99 Å². The predicted octanol–water partition coefficient (Wildman–Crippen LogP) is 3.43. The van der Waals surface area contributed by atoms with E-state index in [1.165, 1.54) is 6.34 Å². The fraction of sp³-hybridized carbons (Fsp3) is 0.200. The van der Waals surface area contributed by atoms with Crippen molar-refractivity contribution in [2.24, 2.45) is 26.4 Å². The van der Waals surface area contributed by atoms with Crippen LogP contribution in [0.2, 0.25) is 0 Å². The van der Waals surface area contributed by atoms with Gasteiger partial charge in [0.05, 0.1) is 17.6 Å². The first-order valence-corrected chi connectivity index (χ1v) is 10.3. The number of benzene rings is 2. The van der Waals surface area contributed by atoms with Gasteiger partial charge in [-0.05, 0) is 56.1 Å². The standard InChI is InChI=1S/C25H28N6O/c1-16-8-5-6-11-22(16)31-20(12-19-10-7-9-17(2)23(19)25(31)32)14-29-24(30-15-28-4)21(13-26)18(3)27/h5-12,15H,4,13-14,26-27H2,1-3H3. The molecule has 0 aliphatic heterocycles. The molecule has 0 spiro atoms. The zero-order chi connectivity index (χ0) is 23.3. The number of aromatic nitrogens is 1. The minimum atomic E-state index is -0.0810. The summed E-state index contributed by atoms with van der Waals surface area (Å²) in [5.74, 6) is 0.369. The molecule has 164 valence electrons. The van der Waals surface area contributed by atoms with Crippen LogP contribution in [-0.2, 0) is 6.54 Å². The number of aryl methyl sites for hydroxylation is 2. The Labute approximate surface area is 187 Å². The highest BCUT2D eigenvalue weighted by Gasteiger charge is 2.15. The van der Waals surface area contributed by atoms with E-state index in [9.17, 15) is 4.79 Å². The summed E-state index contributed by atoms with van der Waals surface area (Å²) >= 11 is 0. The molecule has 0 saturated heterocycles. The number of hydrogen-bond acceptors (Lipinski definition) is 4. The van der Waals surface area contributed by atoms with Gasteiger partial charge in [0.1, 0.15) is 6.34 Å². The first-order chi connectivity index (χ1) is 15.4. The first kappa shape index (κ1) is 22.8. The fourth-order valence-corrected chi connectivity index (χ4v) is 3.68. The lowest BCUT2D eigenvalue weighted by molar-refractivity contribution is 0.862. The number of pyridine rings is 1. The minimum Gasteiger partial charge on any atom is -0.402 e. The van der Waals surface area contributed by atoms with Crippen molar-refractivity contribution in [3.05, 3.63) is 87.0 Å². The first-order valence-electron chi connectivity index (χ1n) is 10.3. The number of nitrogens with two attached hydrogens (primary N) is 2. The largest absolute Gasteiger partial charge is 0.402 e. The van der Waals surface area contributed by atoms with Crippen molar-refractivity contribution in [3.63, 3.8) is 0 Å². The van der Waals surface area contributed by atoms with Crippen molar-refractivity contribution >= 4 is 29.7 Å². The van der Waals surface area contributed by atoms with Crippen molar-refractivity contribution in [1.29, 1.82) is 0 Å². The van der Waals surface area contributed by atoms with Crippen molar-refractivity contribution < 1.29 is 0 Å². The molecule has 0 aliphatic carbocycles. The lowest BCUT2D eigenvalue weighted by Gasteiger charge is -2.17. The lowest BCUT2D eigenvalue weighted by Crippen LogP contribution is -2.24. The molecule has 7 heteroatoms. The summed E-state index contributed by atoms with van der Waals surface area (Å²) in [6, 6.07) is 15.6. The summed E-state index contributed by atoms with van der Waals surface area (Å²) in [7, 11) is 0. The summed E-state index contributed by atoms with van der Waals surface area (Å²) in [6.07, 6.45) is 1.30. The van der Waals surface area contributed by atoms with Gasteiger partial charge in [-0.2, -0.15) is 0 Å². The van der Waals surface area contributed by atoms with Crippen molar-refractivity contribution in [1.82, 2.24) is 4.57 Å². The Bertz CT molecular complexity index is 1310. The monoisotopic (exact) mass is 428 g/mol. The molecule has 0 atom stereocenters. The Balaban J connectivity index is 2.29. The van der Waals surface area contributed by atoms with Gasteiger partial charge in [0, 0.05) is 23.5 Å². The lowest BCUT2D eigenvalue weighted by atomic mass is 10.1. The summed E-state index contributed by atoms with van der Waals surface area (Å²) < 4.78 is 1.72. The number of para-hydroxylation sites is 1. The molecule has 0 fully saturated rings. The molecule has 0 amide bonds. The molecule has 2 aromatic carbocycles. The average Bonchev–Trinajstić information content (AvgIpc) is 2.76. The second-order valence-corrected chi connectivity index (χ2v) is 7.53. The quantitative estimate of drug-likeness (QED) is 0.463. The average molecular weight is 429 g/mol. The van der Waals surface area contributed by atoms with Gasteiger partial charge in [0.25, 0.3) is 5.56 Å². The van der Waals surface area contributed by atoms with E-state index in [0.717, 1.165) is 27.9 Å². The van der Waals surface area contributed by atoms with Gasteiger partial charge in [0.2, 0.25) is 0 Å². The number of nitrogens with zero attached hydrogens (tertiary/aromatic N) is 4. The Kier molecular flexibility index (Phi) is 7.12. The SMILES string of the molecule is C=NC=NC(=NCc1cc2cccc(C)c2c(=O)n1-c1ccccc1C)C(CN)=C(C)N. The summed E-state index contributed by atoms with van der Waals surface area (Å²) in [4.78, 5) is 26.2. The van der Waals surface area contributed by atoms with E-state index in [0.29, 0.717) is 22.5 Å². The van der Waals surface area contributed by atoms with E-state index in [2.05, 4.69) is 21.7 Å². The molecule has 3 rings (SSSR count). The van der Waals surface area contributed by atoms with Crippen molar-refractivity contribution in [2.75, 3.05) is 6.54 Å². The molecule has 1 heterocycles. The number of fused-ring (bicyclic) bond motifs is 1.